The van der Waals surface area contributed by atoms with Crippen LogP contribution in [0.5, 0.6) is 0 Å². The van der Waals surface area contributed by atoms with Gasteiger partial charge in [0.2, 0.25) is 5.91 Å². The lowest BCUT2D eigenvalue weighted by Gasteiger charge is -2.38. The molecule has 0 saturated carbocycles. The lowest BCUT2D eigenvalue weighted by Crippen LogP contribution is -2.48. The largest absolute Gasteiger partial charge is 0.409 e. The number of amidine groups is 1. The molecule has 3 unspecified atom stereocenters. The minimum atomic E-state index is -0.716. The molecule has 1 aromatic carbocycles. The minimum absolute atomic E-state index is 0.0583. The van der Waals surface area contributed by atoms with Crippen molar-refractivity contribution in [1.82, 2.24) is 4.90 Å². The molecule has 114 valence electrons. The molecule has 1 aromatic rings. The Labute approximate surface area is 125 Å². The number of rotatable bonds is 3. The van der Waals surface area contributed by atoms with E-state index in [4.69, 9.17) is 10.9 Å². The molecule has 1 aliphatic rings. The van der Waals surface area contributed by atoms with Crippen molar-refractivity contribution in [3.63, 3.8) is 0 Å². The number of hydrogen-bond donors (Lipinski definition) is 2. The summed E-state index contributed by atoms with van der Waals surface area (Å²) >= 11 is 0. The number of piperidine rings is 1. The average Bonchev–Trinajstić information content (AvgIpc) is 2.48. The van der Waals surface area contributed by atoms with Crippen LogP contribution >= 0.6 is 0 Å². The zero-order chi connectivity index (χ0) is 15.4. The normalized spacial score (nSPS) is 24.7. The van der Waals surface area contributed by atoms with Gasteiger partial charge in [0.25, 0.3) is 0 Å². The number of nitrogens with two attached hydrogens (primary N) is 1. The summed E-state index contributed by atoms with van der Waals surface area (Å²) in [7, 11) is 0. The molecule has 0 aromatic heterocycles. The Bertz CT molecular complexity index is 516. The van der Waals surface area contributed by atoms with Crippen LogP contribution in [0.2, 0.25) is 0 Å². The van der Waals surface area contributed by atoms with E-state index in [2.05, 4.69) is 19.0 Å². The standard InChI is InChI=1S/C16H23N3O2/c1-11-8-9-19(12(2)10-11)16(20)14(15(17)18-21)13-6-4-3-5-7-13/h3-7,11-12,14,21H,8-10H2,1-2H3,(H2,17,18). The zero-order valence-corrected chi connectivity index (χ0v) is 12.6. The molecule has 1 fully saturated rings. The number of benzene rings is 1. The summed E-state index contributed by atoms with van der Waals surface area (Å²) in [6.07, 6.45) is 1.98. The summed E-state index contributed by atoms with van der Waals surface area (Å²) < 4.78 is 0. The minimum Gasteiger partial charge on any atom is -0.409 e. The summed E-state index contributed by atoms with van der Waals surface area (Å²) in [6.45, 7) is 4.99. The Balaban J connectivity index is 2.27. The van der Waals surface area contributed by atoms with Gasteiger partial charge in [0, 0.05) is 12.6 Å². The molecular weight excluding hydrogens is 266 g/mol. The first-order chi connectivity index (χ1) is 10.0. The van der Waals surface area contributed by atoms with E-state index < -0.39 is 5.92 Å². The number of nitrogens with zero attached hydrogens (tertiary/aromatic N) is 2. The quantitative estimate of drug-likeness (QED) is 0.387. The first-order valence-corrected chi connectivity index (χ1v) is 7.37. The fourth-order valence-corrected chi connectivity index (χ4v) is 3.04. The molecule has 3 atom stereocenters. The molecule has 2 rings (SSSR count). The highest BCUT2D eigenvalue weighted by Gasteiger charge is 2.34. The Kier molecular flexibility index (Phi) is 4.83. The van der Waals surface area contributed by atoms with Gasteiger partial charge in [0.05, 0.1) is 0 Å². The Morgan fingerprint density at radius 3 is 2.62 bits per heavy atom. The van der Waals surface area contributed by atoms with Crippen LogP contribution in [0.4, 0.5) is 0 Å². The van der Waals surface area contributed by atoms with Crippen LogP contribution in [0.25, 0.3) is 0 Å². The highest BCUT2D eigenvalue weighted by molar-refractivity contribution is 6.07. The van der Waals surface area contributed by atoms with Gasteiger partial charge in [0.1, 0.15) is 5.92 Å². The van der Waals surface area contributed by atoms with Crippen molar-refractivity contribution in [1.29, 1.82) is 0 Å². The van der Waals surface area contributed by atoms with Crippen LogP contribution < -0.4 is 5.73 Å². The van der Waals surface area contributed by atoms with E-state index in [0.29, 0.717) is 5.92 Å². The van der Waals surface area contributed by atoms with Gasteiger partial charge in [-0.05, 0) is 31.2 Å². The Morgan fingerprint density at radius 2 is 2.05 bits per heavy atom. The first-order valence-electron chi connectivity index (χ1n) is 7.37. The summed E-state index contributed by atoms with van der Waals surface area (Å²) in [5, 5.41) is 12.1. The molecule has 0 bridgehead atoms. The van der Waals surface area contributed by atoms with Crippen LogP contribution in [0.3, 0.4) is 0 Å². The molecule has 0 spiro atoms. The number of carbonyl (C=O) groups excluding carboxylic acids is 1. The maximum Gasteiger partial charge on any atom is 0.238 e. The predicted molar refractivity (Wildman–Crippen MR) is 82.2 cm³/mol. The second-order valence-electron chi connectivity index (χ2n) is 5.88. The third kappa shape index (κ3) is 3.35. The molecule has 1 aliphatic heterocycles. The van der Waals surface area contributed by atoms with Gasteiger partial charge in [-0.2, -0.15) is 0 Å². The highest BCUT2D eigenvalue weighted by atomic mass is 16.4. The molecule has 5 nitrogen and oxygen atoms in total. The van der Waals surface area contributed by atoms with Gasteiger partial charge in [-0.15, -0.1) is 0 Å². The molecule has 0 aliphatic carbocycles. The third-order valence-electron chi connectivity index (χ3n) is 4.21. The number of hydrogen-bond acceptors (Lipinski definition) is 3. The summed E-state index contributed by atoms with van der Waals surface area (Å²) in [5.41, 5.74) is 6.54. The van der Waals surface area contributed by atoms with E-state index in [1.807, 2.05) is 35.2 Å². The van der Waals surface area contributed by atoms with Gasteiger partial charge < -0.3 is 15.8 Å². The van der Waals surface area contributed by atoms with E-state index in [9.17, 15) is 4.79 Å². The van der Waals surface area contributed by atoms with Crippen molar-refractivity contribution in [3.05, 3.63) is 35.9 Å². The smallest absolute Gasteiger partial charge is 0.238 e. The molecule has 1 heterocycles. The summed E-state index contributed by atoms with van der Waals surface area (Å²) in [6, 6.07) is 9.42. The van der Waals surface area contributed by atoms with Gasteiger partial charge in [-0.1, -0.05) is 42.4 Å². The van der Waals surface area contributed by atoms with E-state index in [1.165, 1.54) is 0 Å². The molecule has 5 heteroatoms. The fourth-order valence-electron chi connectivity index (χ4n) is 3.04. The molecule has 21 heavy (non-hydrogen) atoms. The lowest BCUT2D eigenvalue weighted by molar-refractivity contribution is -0.135. The second kappa shape index (κ2) is 6.61. The highest BCUT2D eigenvalue weighted by Crippen LogP contribution is 2.27. The molecule has 1 saturated heterocycles. The number of likely N-dealkylation sites (tertiary alicyclic amines) is 1. The van der Waals surface area contributed by atoms with Crippen LogP contribution in [0.1, 0.15) is 38.2 Å². The monoisotopic (exact) mass is 289 g/mol. The van der Waals surface area contributed by atoms with Crippen LogP contribution in [-0.4, -0.2) is 34.4 Å². The maximum absolute atomic E-state index is 12.9. The molecular formula is C16H23N3O2. The van der Waals surface area contributed by atoms with E-state index in [1.54, 1.807) is 0 Å². The van der Waals surface area contributed by atoms with Crippen molar-refractivity contribution in [2.75, 3.05) is 6.54 Å². The lowest BCUT2D eigenvalue weighted by atomic mass is 9.90. The average molecular weight is 289 g/mol. The predicted octanol–water partition coefficient (Wildman–Crippen LogP) is 2.16. The molecule has 3 N–H and O–H groups in total. The zero-order valence-electron chi connectivity index (χ0n) is 12.6. The van der Waals surface area contributed by atoms with E-state index in [-0.39, 0.29) is 17.8 Å². The van der Waals surface area contributed by atoms with E-state index in [0.717, 1.165) is 24.9 Å². The number of oxime groups is 1. The van der Waals surface area contributed by atoms with Gasteiger partial charge in [-0.25, -0.2) is 0 Å². The van der Waals surface area contributed by atoms with Crippen LogP contribution in [0, 0.1) is 5.92 Å². The maximum atomic E-state index is 12.9. The first kappa shape index (κ1) is 15.4. The van der Waals surface area contributed by atoms with Crippen LogP contribution in [0.15, 0.2) is 35.5 Å². The number of amides is 1. The van der Waals surface area contributed by atoms with Crippen molar-refractivity contribution in [2.45, 2.75) is 38.6 Å². The Morgan fingerprint density at radius 1 is 1.38 bits per heavy atom. The topological polar surface area (TPSA) is 78.9 Å². The van der Waals surface area contributed by atoms with Gasteiger partial charge in [0.15, 0.2) is 5.84 Å². The van der Waals surface area contributed by atoms with Gasteiger partial charge in [-0.3, -0.25) is 4.79 Å². The van der Waals surface area contributed by atoms with Crippen LogP contribution in [-0.2, 0) is 4.79 Å². The molecule has 0 radical (unpaired) electrons. The van der Waals surface area contributed by atoms with Crippen molar-refractivity contribution >= 4 is 11.7 Å². The summed E-state index contributed by atoms with van der Waals surface area (Å²) in [4.78, 5) is 14.7. The molecule has 1 amide bonds. The van der Waals surface area contributed by atoms with E-state index >= 15 is 0 Å². The second-order valence-corrected chi connectivity index (χ2v) is 5.88. The van der Waals surface area contributed by atoms with Crippen molar-refractivity contribution in [3.8, 4) is 0 Å². The summed E-state index contributed by atoms with van der Waals surface area (Å²) in [5.74, 6) is -0.233. The third-order valence-corrected chi connectivity index (χ3v) is 4.21. The van der Waals surface area contributed by atoms with Crippen molar-refractivity contribution < 1.29 is 10.0 Å². The Hall–Kier alpha value is -2.04. The van der Waals surface area contributed by atoms with Gasteiger partial charge >= 0.3 is 0 Å². The number of carbonyl (C=O) groups is 1. The SMILES string of the molecule is CC1CCN(C(=O)C(C(N)=NO)c2ccccc2)C(C)C1. The fraction of sp³-hybridized carbons (Fsp3) is 0.500. The van der Waals surface area contributed by atoms with Crippen molar-refractivity contribution in [2.24, 2.45) is 16.8 Å².